The first kappa shape index (κ1) is 19.4. The molecule has 25 heavy (non-hydrogen) atoms. The van der Waals surface area contributed by atoms with E-state index in [-0.39, 0.29) is 5.34 Å². The molecule has 0 heterocycles. The molecular weight excluding hydrogens is 349 g/mol. The van der Waals surface area contributed by atoms with Crippen LogP contribution in [0.4, 0.5) is 17.1 Å². The zero-order chi connectivity index (χ0) is 18.2. The topological polar surface area (TPSA) is 3.24 Å². The molecule has 0 saturated heterocycles. The van der Waals surface area contributed by atoms with Crippen molar-refractivity contribution in [1.82, 2.24) is 0 Å². The molecule has 3 aromatic rings. The van der Waals surface area contributed by atoms with E-state index in [1.165, 1.54) is 33.8 Å². The number of anilines is 3. The third kappa shape index (κ3) is 5.52. The SMILES string of the molecule is Cc1ccc(N(c2ccc(C)cc2)c2ccc(C)cc2)cc1.ClCCl. The van der Waals surface area contributed by atoms with Crippen LogP contribution in [-0.4, -0.2) is 5.34 Å². The smallest absolute Gasteiger partial charge is 0.0967 e. The standard InChI is InChI=1S/C21H21N.CH2Cl2/c1-16-4-10-19(11-5-16)22(20-12-6-17(2)7-13-20)21-14-8-18(3)9-15-21;2-1-3/h4-15H,1-3H3;1H2. The Hall–Kier alpha value is -1.96. The fourth-order valence-electron chi connectivity index (χ4n) is 2.53. The van der Waals surface area contributed by atoms with Gasteiger partial charge in [-0.2, -0.15) is 0 Å². The molecule has 0 N–H and O–H groups in total. The Bertz CT molecular complexity index is 654. The highest BCUT2D eigenvalue weighted by Gasteiger charge is 2.11. The maximum absolute atomic E-state index is 4.76. The largest absolute Gasteiger partial charge is 0.311 e. The molecule has 0 radical (unpaired) electrons. The Balaban J connectivity index is 0.000000701. The molecule has 0 aliphatic heterocycles. The maximum atomic E-state index is 4.76. The van der Waals surface area contributed by atoms with Crippen LogP contribution < -0.4 is 4.90 Å². The monoisotopic (exact) mass is 371 g/mol. The zero-order valence-corrected chi connectivity index (χ0v) is 16.4. The lowest BCUT2D eigenvalue weighted by atomic mass is 10.1. The van der Waals surface area contributed by atoms with Gasteiger partial charge in [-0.1, -0.05) is 53.1 Å². The number of rotatable bonds is 3. The van der Waals surface area contributed by atoms with Crippen LogP contribution in [0.3, 0.4) is 0 Å². The van der Waals surface area contributed by atoms with E-state index in [2.05, 4.69) is 98.5 Å². The second-order valence-electron chi connectivity index (χ2n) is 5.94. The quantitative estimate of drug-likeness (QED) is 0.430. The summed E-state index contributed by atoms with van der Waals surface area (Å²) >= 11 is 9.53. The van der Waals surface area contributed by atoms with Crippen LogP contribution in [0.1, 0.15) is 16.7 Å². The van der Waals surface area contributed by atoms with E-state index < -0.39 is 0 Å². The van der Waals surface area contributed by atoms with Gasteiger partial charge >= 0.3 is 0 Å². The number of nitrogens with zero attached hydrogens (tertiary/aromatic N) is 1. The summed E-state index contributed by atoms with van der Waals surface area (Å²) in [5.74, 6) is 0. The second-order valence-corrected chi connectivity index (χ2v) is 6.75. The van der Waals surface area contributed by atoms with Gasteiger partial charge in [0.1, 0.15) is 0 Å². The fraction of sp³-hybridized carbons (Fsp3) is 0.182. The minimum Gasteiger partial charge on any atom is -0.311 e. The van der Waals surface area contributed by atoms with Gasteiger partial charge < -0.3 is 4.90 Å². The molecule has 0 spiro atoms. The Morgan fingerprint density at radius 1 is 0.520 bits per heavy atom. The summed E-state index contributed by atoms with van der Waals surface area (Å²) < 4.78 is 0. The van der Waals surface area contributed by atoms with Gasteiger partial charge in [0.25, 0.3) is 0 Å². The lowest BCUT2D eigenvalue weighted by Gasteiger charge is -2.25. The minimum absolute atomic E-state index is 0.194. The van der Waals surface area contributed by atoms with Crippen molar-refractivity contribution in [2.45, 2.75) is 20.8 Å². The van der Waals surface area contributed by atoms with E-state index in [0.29, 0.717) is 0 Å². The van der Waals surface area contributed by atoms with Gasteiger partial charge in [-0.3, -0.25) is 0 Å². The highest BCUT2D eigenvalue weighted by atomic mass is 35.5. The minimum atomic E-state index is 0.194. The number of hydrogen-bond acceptors (Lipinski definition) is 1. The first-order valence-electron chi connectivity index (χ1n) is 8.17. The zero-order valence-electron chi connectivity index (χ0n) is 14.8. The molecule has 0 unspecified atom stereocenters. The van der Waals surface area contributed by atoms with Crippen LogP contribution in [0.5, 0.6) is 0 Å². The van der Waals surface area contributed by atoms with Crippen LogP contribution in [0.25, 0.3) is 0 Å². The molecule has 0 fully saturated rings. The predicted octanol–water partition coefficient (Wildman–Crippen LogP) is 7.50. The Morgan fingerprint density at radius 2 is 0.720 bits per heavy atom. The van der Waals surface area contributed by atoms with Gasteiger partial charge in [-0.05, 0) is 57.2 Å². The van der Waals surface area contributed by atoms with E-state index in [0.717, 1.165) is 0 Å². The number of hydrogen-bond donors (Lipinski definition) is 0. The van der Waals surface area contributed by atoms with Crippen molar-refractivity contribution in [2.24, 2.45) is 0 Å². The number of alkyl halides is 2. The Labute approximate surface area is 160 Å². The van der Waals surface area contributed by atoms with Gasteiger partial charge in [0.15, 0.2) is 0 Å². The molecule has 3 rings (SSSR count). The predicted molar refractivity (Wildman–Crippen MR) is 112 cm³/mol. The molecular formula is C22H23Cl2N. The third-order valence-corrected chi connectivity index (χ3v) is 3.88. The van der Waals surface area contributed by atoms with Crippen LogP contribution in [-0.2, 0) is 0 Å². The molecule has 130 valence electrons. The lowest BCUT2D eigenvalue weighted by molar-refractivity contribution is 1.26. The number of benzene rings is 3. The van der Waals surface area contributed by atoms with Crippen LogP contribution in [0.2, 0.25) is 0 Å². The summed E-state index contributed by atoms with van der Waals surface area (Å²) in [5.41, 5.74) is 7.36. The first-order valence-corrected chi connectivity index (χ1v) is 9.24. The Kier molecular flexibility index (Phi) is 7.36. The fourth-order valence-corrected chi connectivity index (χ4v) is 2.53. The summed E-state index contributed by atoms with van der Waals surface area (Å²) in [4.78, 5) is 2.29. The van der Waals surface area contributed by atoms with Crippen molar-refractivity contribution in [3.8, 4) is 0 Å². The van der Waals surface area contributed by atoms with E-state index in [4.69, 9.17) is 23.2 Å². The van der Waals surface area contributed by atoms with E-state index in [1.54, 1.807) is 0 Å². The van der Waals surface area contributed by atoms with Crippen molar-refractivity contribution in [2.75, 3.05) is 10.2 Å². The summed E-state index contributed by atoms with van der Waals surface area (Å²) in [6.45, 7) is 6.35. The third-order valence-electron chi connectivity index (χ3n) is 3.88. The first-order chi connectivity index (χ1) is 12.0. The molecule has 3 aromatic carbocycles. The van der Waals surface area contributed by atoms with E-state index >= 15 is 0 Å². The van der Waals surface area contributed by atoms with E-state index in [9.17, 15) is 0 Å². The number of halogens is 2. The summed E-state index contributed by atoms with van der Waals surface area (Å²) in [6, 6.07) is 26.0. The molecule has 3 heteroatoms. The van der Waals surface area contributed by atoms with Gasteiger partial charge in [-0.15, -0.1) is 23.2 Å². The molecule has 0 bridgehead atoms. The van der Waals surface area contributed by atoms with Crippen molar-refractivity contribution in [1.29, 1.82) is 0 Å². The molecule has 0 aliphatic rings. The van der Waals surface area contributed by atoms with Gasteiger partial charge in [-0.25, -0.2) is 0 Å². The second kappa shape index (κ2) is 9.50. The molecule has 0 amide bonds. The van der Waals surface area contributed by atoms with Crippen LogP contribution in [0, 0.1) is 20.8 Å². The highest BCUT2D eigenvalue weighted by molar-refractivity contribution is 6.40. The van der Waals surface area contributed by atoms with Crippen molar-refractivity contribution < 1.29 is 0 Å². The molecule has 1 nitrogen and oxygen atoms in total. The van der Waals surface area contributed by atoms with Gasteiger partial charge in [0, 0.05) is 17.1 Å². The van der Waals surface area contributed by atoms with Gasteiger partial charge in [0.2, 0.25) is 0 Å². The normalized spacial score (nSPS) is 9.96. The van der Waals surface area contributed by atoms with Crippen molar-refractivity contribution >= 4 is 40.3 Å². The van der Waals surface area contributed by atoms with Crippen molar-refractivity contribution in [3.05, 3.63) is 89.5 Å². The van der Waals surface area contributed by atoms with E-state index in [1.807, 2.05) is 0 Å². The molecule has 0 aromatic heterocycles. The number of aryl methyl sites for hydroxylation is 3. The van der Waals surface area contributed by atoms with Crippen LogP contribution in [0.15, 0.2) is 72.8 Å². The van der Waals surface area contributed by atoms with Crippen LogP contribution >= 0.6 is 23.2 Å². The molecule has 0 saturated carbocycles. The highest BCUT2D eigenvalue weighted by Crippen LogP contribution is 2.34. The van der Waals surface area contributed by atoms with Gasteiger partial charge in [0.05, 0.1) is 5.34 Å². The summed E-state index contributed by atoms with van der Waals surface area (Å²) in [6.07, 6.45) is 0. The Morgan fingerprint density at radius 3 is 0.920 bits per heavy atom. The summed E-state index contributed by atoms with van der Waals surface area (Å²) in [7, 11) is 0. The van der Waals surface area contributed by atoms with Crippen molar-refractivity contribution in [3.63, 3.8) is 0 Å². The summed E-state index contributed by atoms with van der Waals surface area (Å²) in [5, 5.41) is 0.194. The maximum Gasteiger partial charge on any atom is 0.0967 e. The molecule has 0 atom stereocenters. The average molecular weight is 372 g/mol. The average Bonchev–Trinajstić information content (AvgIpc) is 2.61. The molecule has 0 aliphatic carbocycles. The lowest BCUT2D eigenvalue weighted by Crippen LogP contribution is -2.09.